The fourth-order valence-corrected chi connectivity index (χ4v) is 13.4. The standard InChI is InChI=1S/C73H55N5/c1-4-73(5-2)62-25-14-13-24-57(62)58-39-33-51(44-63(58)73)72-71(74-64-26-15-16-27-65(64)75-72)50-30-35-54(36-31-50)77(52-20-9-7-10-21-52)55-37-42-66-60(45-55)61-46-56(38-43-67(61)76(66)6-3)78(53-22-11-8-12-23-53)68-41-34-49-29-28-47-18-17-19-48-32-40-59(68)70(49)69(47)48/h7-46H,4-6H2,1-3H3. The van der Waals surface area contributed by atoms with Crippen molar-refractivity contribution in [2.75, 3.05) is 9.80 Å². The van der Waals surface area contributed by atoms with E-state index in [9.17, 15) is 0 Å². The smallest absolute Gasteiger partial charge is 0.0973 e. The molecule has 372 valence electrons. The van der Waals surface area contributed by atoms with Crippen LogP contribution in [-0.4, -0.2) is 14.5 Å². The van der Waals surface area contributed by atoms with Crippen LogP contribution in [-0.2, 0) is 12.0 Å². The van der Waals surface area contributed by atoms with E-state index in [1.165, 1.54) is 76.4 Å². The summed E-state index contributed by atoms with van der Waals surface area (Å²) >= 11 is 0. The Labute approximate surface area is 454 Å². The lowest BCUT2D eigenvalue weighted by Crippen LogP contribution is -2.23. The lowest BCUT2D eigenvalue weighted by atomic mass is 9.73. The maximum atomic E-state index is 5.42. The Morgan fingerprint density at radius 2 is 0.885 bits per heavy atom. The maximum Gasteiger partial charge on any atom is 0.0973 e. The molecule has 2 aromatic heterocycles. The van der Waals surface area contributed by atoms with Crippen molar-refractivity contribution < 1.29 is 0 Å². The maximum absolute atomic E-state index is 5.42. The average molecular weight is 1000 g/mol. The van der Waals surface area contributed by atoms with Gasteiger partial charge in [-0.15, -0.1) is 0 Å². The molecule has 0 aliphatic heterocycles. The molecule has 5 nitrogen and oxygen atoms in total. The summed E-state index contributed by atoms with van der Waals surface area (Å²) in [5, 5.41) is 10.0. The van der Waals surface area contributed by atoms with Crippen molar-refractivity contribution in [1.82, 2.24) is 14.5 Å². The predicted molar refractivity (Wildman–Crippen MR) is 329 cm³/mol. The first-order valence-electron chi connectivity index (χ1n) is 27.6. The van der Waals surface area contributed by atoms with Crippen LogP contribution >= 0.6 is 0 Å². The fraction of sp³-hybridized carbons (Fsp3) is 0.0959. The van der Waals surface area contributed by atoms with Crippen LogP contribution < -0.4 is 9.80 Å². The number of benzene rings is 12. The van der Waals surface area contributed by atoms with E-state index in [0.717, 1.165) is 87.1 Å². The zero-order valence-electron chi connectivity index (χ0n) is 44.0. The first kappa shape index (κ1) is 45.8. The molecular weight excluding hydrogens is 947 g/mol. The van der Waals surface area contributed by atoms with Crippen molar-refractivity contribution in [2.24, 2.45) is 0 Å². The molecule has 0 saturated heterocycles. The van der Waals surface area contributed by atoms with Crippen LogP contribution in [0.25, 0.3) is 98.8 Å². The number of aromatic nitrogens is 3. The van der Waals surface area contributed by atoms with Gasteiger partial charge in [0, 0.05) is 78.7 Å². The zero-order valence-corrected chi connectivity index (χ0v) is 44.0. The third-order valence-corrected chi connectivity index (χ3v) is 17.2. The molecule has 2 heterocycles. The number of hydrogen-bond donors (Lipinski definition) is 0. The van der Waals surface area contributed by atoms with E-state index < -0.39 is 0 Å². The zero-order chi connectivity index (χ0) is 52.1. The monoisotopic (exact) mass is 1000 g/mol. The number of para-hydroxylation sites is 4. The highest BCUT2D eigenvalue weighted by Crippen LogP contribution is 2.54. The minimum Gasteiger partial charge on any atom is -0.341 e. The summed E-state index contributed by atoms with van der Waals surface area (Å²) < 4.78 is 2.45. The van der Waals surface area contributed by atoms with Gasteiger partial charge in [-0.25, -0.2) is 9.97 Å². The summed E-state index contributed by atoms with van der Waals surface area (Å²) in [6.45, 7) is 7.75. The molecule has 15 rings (SSSR count). The number of hydrogen-bond acceptors (Lipinski definition) is 4. The van der Waals surface area contributed by atoms with Crippen LogP contribution in [0, 0.1) is 0 Å². The summed E-state index contributed by atoms with van der Waals surface area (Å²) in [5.41, 5.74) is 20.0. The van der Waals surface area contributed by atoms with Crippen molar-refractivity contribution in [1.29, 1.82) is 0 Å². The number of fused-ring (bicyclic) bond motifs is 7. The van der Waals surface area contributed by atoms with Gasteiger partial charge in [0.2, 0.25) is 0 Å². The molecule has 5 heteroatoms. The highest BCUT2D eigenvalue weighted by molar-refractivity contribution is 6.26. The molecular formula is C73H55N5. The van der Waals surface area contributed by atoms with Crippen molar-refractivity contribution in [3.8, 4) is 33.6 Å². The van der Waals surface area contributed by atoms with Gasteiger partial charge >= 0.3 is 0 Å². The van der Waals surface area contributed by atoms with Gasteiger partial charge < -0.3 is 14.4 Å². The molecule has 12 aromatic carbocycles. The van der Waals surface area contributed by atoms with Gasteiger partial charge in [0.1, 0.15) is 0 Å². The second-order valence-corrected chi connectivity index (χ2v) is 21.0. The van der Waals surface area contributed by atoms with Gasteiger partial charge in [-0.3, -0.25) is 0 Å². The van der Waals surface area contributed by atoms with Crippen LogP contribution in [0.5, 0.6) is 0 Å². The summed E-state index contributed by atoms with van der Waals surface area (Å²) in [6, 6.07) is 89.1. The molecule has 0 unspecified atom stereocenters. The molecule has 0 bridgehead atoms. The molecule has 1 aliphatic rings. The third-order valence-electron chi connectivity index (χ3n) is 17.2. The molecule has 0 saturated carbocycles. The van der Waals surface area contributed by atoms with Crippen molar-refractivity contribution in [2.45, 2.75) is 45.6 Å². The van der Waals surface area contributed by atoms with Crippen LogP contribution in [0.2, 0.25) is 0 Å². The molecule has 0 spiro atoms. The number of rotatable bonds is 11. The van der Waals surface area contributed by atoms with Gasteiger partial charge in [0.05, 0.1) is 28.1 Å². The molecule has 78 heavy (non-hydrogen) atoms. The van der Waals surface area contributed by atoms with Gasteiger partial charge in [0.25, 0.3) is 0 Å². The SMILES string of the molecule is CCn1c2ccc(N(c3ccccc3)c3ccc(-c4nc5ccccc5nc4-c4ccc5c(c4)C(CC)(CC)c4ccccc4-5)cc3)cc2c2cc(N(c3ccccc3)c3ccc4ccc5cccc6ccc3c4c56)ccc21. The van der Waals surface area contributed by atoms with E-state index in [-0.39, 0.29) is 5.41 Å². The van der Waals surface area contributed by atoms with E-state index in [1.807, 2.05) is 6.07 Å². The predicted octanol–water partition coefficient (Wildman–Crippen LogP) is 20.0. The molecule has 0 amide bonds. The van der Waals surface area contributed by atoms with Crippen molar-refractivity contribution >= 4 is 99.3 Å². The number of aryl methyl sites for hydroxylation is 1. The van der Waals surface area contributed by atoms with Crippen LogP contribution in [0.3, 0.4) is 0 Å². The van der Waals surface area contributed by atoms with E-state index in [0.29, 0.717) is 0 Å². The Kier molecular flexibility index (Phi) is 10.6. The molecule has 14 aromatic rings. The topological polar surface area (TPSA) is 37.2 Å². The minimum absolute atomic E-state index is 0.0552. The van der Waals surface area contributed by atoms with Crippen LogP contribution in [0.1, 0.15) is 44.7 Å². The van der Waals surface area contributed by atoms with Crippen LogP contribution in [0.15, 0.2) is 243 Å². The Morgan fingerprint density at radius 3 is 1.54 bits per heavy atom. The average Bonchev–Trinajstić information content (AvgIpc) is 4.10. The normalized spacial score (nSPS) is 12.8. The van der Waals surface area contributed by atoms with E-state index in [1.54, 1.807) is 0 Å². The lowest BCUT2D eigenvalue weighted by molar-refractivity contribution is 0.490. The summed E-state index contributed by atoms with van der Waals surface area (Å²) in [6.07, 6.45) is 2.05. The third kappa shape index (κ3) is 6.94. The molecule has 0 N–H and O–H groups in total. The Bertz CT molecular complexity index is 4610. The first-order valence-corrected chi connectivity index (χ1v) is 27.6. The van der Waals surface area contributed by atoms with Crippen molar-refractivity contribution in [3.05, 3.63) is 254 Å². The van der Waals surface area contributed by atoms with Crippen molar-refractivity contribution in [3.63, 3.8) is 0 Å². The number of nitrogens with zero attached hydrogens (tertiary/aromatic N) is 5. The highest BCUT2D eigenvalue weighted by atomic mass is 15.2. The Hall–Kier alpha value is -9.58. The second-order valence-electron chi connectivity index (χ2n) is 21.0. The minimum atomic E-state index is -0.0552. The summed E-state index contributed by atoms with van der Waals surface area (Å²) in [5.74, 6) is 0. The molecule has 1 aliphatic carbocycles. The molecule has 0 atom stereocenters. The van der Waals surface area contributed by atoms with Gasteiger partial charge in [-0.05, 0) is 166 Å². The lowest BCUT2D eigenvalue weighted by Gasteiger charge is -2.30. The van der Waals surface area contributed by atoms with Crippen LogP contribution in [0.4, 0.5) is 34.1 Å². The van der Waals surface area contributed by atoms with Gasteiger partial charge in [-0.1, -0.05) is 159 Å². The summed E-state index contributed by atoms with van der Waals surface area (Å²) in [7, 11) is 0. The second kappa shape index (κ2) is 18.0. The Balaban J connectivity index is 0.861. The largest absolute Gasteiger partial charge is 0.341 e. The Morgan fingerprint density at radius 1 is 0.372 bits per heavy atom. The van der Waals surface area contributed by atoms with E-state index in [2.05, 4.69) is 272 Å². The molecule has 0 radical (unpaired) electrons. The van der Waals surface area contributed by atoms with E-state index in [4.69, 9.17) is 9.97 Å². The fourth-order valence-electron chi connectivity index (χ4n) is 13.4. The summed E-state index contributed by atoms with van der Waals surface area (Å²) in [4.78, 5) is 15.6. The van der Waals surface area contributed by atoms with Gasteiger partial charge in [0.15, 0.2) is 0 Å². The first-order chi connectivity index (χ1) is 38.5. The van der Waals surface area contributed by atoms with E-state index >= 15 is 0 Å². The highest BCUT2D eigenvalue weighted by Gasteiger charge is 2.40. The number of anilines is 6. The molecule has 0 fully saturated rings. The van der Waals surface area contributed by atoms with Gasteiger partial charge in [-0.2, -0.15) is 0 Å². The quantitative estimate of drug-likeness (QED) is 0.121.